The number of nitrogens with one attached hydrogen (secondary N) is 1. The minimum absolute atomic E-state index is 0.0706. The molecule has 3 aromatic rings. The van der Waals surface area contributed by atoms with Gasteiger partial charge in [0.25, 0.3) is 0 Å². The third kappa shape index (κ3) is 4.49. The highest BCUT2D eigenvalue weighted by Gasteiger charge is 2.25. The Morgan fingerprint density at radius 1 is 1.07 bits per heavy atom. The summed E-state index contributed by atoms with van der Waals surface area (Å²) >= 11 is 2.61. The maximum absolute atomic E-state index is 12.5. The summed E-state index contributed by atoms with van der Waals surface area (Å²) in [5, 5.41) is 6.47. The van der Waals surface area contributed by atoms with E-state index in [9.17, 15) is 18.0 Å². The standard InChI is InChI=1S/C19H17NO5S3/c1-2-25-19(22)17-14(15-9-6-10-26-15)11-27-18(17)20-16(21)12-28(23,24)13-7-4-3-5-8-13/h3-11H,2,12H2,1H3,(H,20,21). The van der Waals surface area contributed by atoms with Gasteiger partial charge in [0.2, 0.25) is 5.91 Å². The number of benzene rings is 1. The number of amides is 1. The molecular weight excluding hydrogens is 418 g/mol. The lowest BCUT2D eigenvalue weighted by molar-refractivity contribution is -0.113. The van der Waals surface area contributed by atoms with Crippen LogP contribution in [0.4, 0.5) is 5.00 Å². The van der Waals surface area contributed by atoms with Gasteiger partial charge in [0, 0.05) is 15.8 Å². The normalized spacial score (nSPS) is 11.2. The molecule has 9 heteroatoms. The number of anilines is 1. The number of hydrogen-bond donors (Lipinski definition) is 1. The van der Waals surface area contributed by atoms with Crippen molar-refractivity contribution in [1.82, 2.24) is 0 Å². The summed E-state index contributed by atoms with van der Waals surface area (Å²) in [6, 6.07) is 11.5. The molecule has 0 radical (unpaired) electrons. The van der Waals surface area contributed by atoms with Crippen LogP contribution >= 0.6 is 22.7 Å². The molecule has 0 fully saturated rings. The molecule has 1 aromatic carbocycles. The molecule has 2 aromatic heterocycles. The fourth-order valence-electron chi connectivity index (χ4n) is 2.52. The average molecular weight is 436 g/mol. The predicted octanol–water partition coefficient (Wildman–Crippen LogP) is 4.07. The van der Waals surface area contributed by atoms with Gasteiger partial charge in [-0.3, -0.25) is 4.79 Å². The van der Waals surface area contributed by atoms with Gasteiger partial charge in [0.1, 0.15) is 16.3 Å². The first kappa shape index (κ1) is 20.2. The molecule has 0 saturated heterocycles. The van der Waals surface area contributed by atoms with Crippen molar-refractivity contribution in [2.75, 3.05) is 17.7 Å². The third-order valence-electron chi connectivity index (χ3n) is 3.73. The van der Waals surface area contributed by atoms with Crippen LogP contribution in [0.15, 0.2) is 58.1 Å². The summed E-state index contributed by atoms with van der Waals surface area (Å²) < 4.78 is 29.9. The summed E-state index contributed by atoms with van der Waals surface area (Å²) in [5.74, 6) is -1.99. The Kier molecular flexibility index (Phi) is 6.28. The van der Waals surface area contributed by atoms with Crippen molar-refractivity contribution in [3.05, 3.63) is 58.8 Å². The van der Waals surface area contributed by atoms with Crippen LogP contribution in [0, 0.1) is 0 Å². The van der Waals surface area contributed by atoms with Gasteiger partial charge >= 0.3 is 5.97 Å². The highest BCUT2D eigenvalue weighted by atomic mass is 32.2. The number of carbonyl (C=O) groups is 2. The molecular formula is C19H17NO5S3. The molecule has 0 atom stereocenters. The van der Waals surface area contributed by atoms with Crippen LogP contribution in [0.1, 0.15) is 17.3 Å². The van der Waals surface area contributed by atoms with Gasteiger partial charge in [-0.1, -0.05) is 24.3 Å². The predicted molar refractivity (Wildman–Crippen MR) is 111 cm³/mol. The molecule has 0 spiro atoms. The van der Waals surface area contributed by atoms with E-state index in [0.717, 1.165) is 16.2 Å². The van der Waals surface area contributed by atoms with E-state index in [-0.39, 0.29) is 22.1 Å². The van der Waals surface area contributed by atoms with Gasteiger partial charge in [0.05, 0.1) is 11.5 Å². The number of rotatable bonds is 7. The summed E-state index contributed by atoms with van der Waals surface area (Å²) in [5.41, 5.74) is 0.888. The second kappa shape index (κ2) is 8.68. The first-order valence-corrected chi connectivity index (χ1v) is 11.7. The molecule has 1 amide bonds. The number of carbonyl (C=O) groups excluding carboxylic acids is 2. The Morgan fingerprint density at radius 3 is 2.46 bits per heavy atom. The zero-order chi connectivity index (χ0) is 20.1. The zero-order valence-corrected chi connectivity index (χ0v) is 17.3. The van der Waals surface area contributed by atoms with Crippen LogP contribution in [-0.4, -0.2) is 32.7 Å². The van der Waals surface area contributed by atoms with Crippen molar-refractivity contribution < 1.29 is 22.7 Å². The lowest BCUT2D eigenvalue weighted by Crippen LogP contribution is -2.23. The van der Waals surface area contributed by atoms with Crippen molar-refractivity contribution in [2.24, 2.45) is 0 Å². The largest absolute Gasteiger partial charge is 0.462 e. The smallest absolute Gasteiger partial charge is 0.341 e. The minimum Gasteiger partial charge on any atom is -0.462 e. The number of thiophene rings is 2. The molecule has 146 valence electrons. The number of ether oxygens (including phenoxy) is 1. The Hall–Kier alpha value is -2.49. The Labute approximate surface area is 170 Å². The molecule has 0 saturated carbocycles. The maximum atomic E-state index is 12.5. The number of esters is 1. The fourth-order valence-corrected chi connectivity index (χ4v) is 5.46. The molecule has 0 aliphatic rings. The van der Waals surface area contributed by atoms with Gasteiger partial charge in [-0.05, 0) is 30.5 Å². The molecule has 6 nitrogen and oxygen atoms in total. The first-order chi connectivity index (χ1) is 13.4. The van der Waals surface area contributed by atoms with Crippen LogP contribution in [0.2, 0.25) is 0 Å². The highest BCUT2D eigenvalue weighted by molar-refractivity contribution is 7.92. The molecule has 0 bridgehead atoms. The van der Waals surface area contributed by atoms with E-state index in [2.05, 4.69) is 5.32 Å². The van der Waals surface area contributed by atoms with Gasteiger partial charge in [-0.2, -0.15) is 0 Å². The van der Waals surface area contributed by atoms with Crippen LogP contribution in [0.5, 0.6) is 0 Å². The van der Waals surface area contributed by atoms with Gasteiger partial charge in [-0.15, -0.1) is 22.7 Å². The molecule has 3 rings (SSSR count). The third-order valence-corrected chi connectivity index (χ3v) is 7.16. The van der Waals surface area contributed by atoms with E-state index < -0.39 is 27.5 Å². The molecule has 28 heavy (non-hydrogen) atoms. The highest BCUT2D eigenvalue weighted by Crippen LogP contribution is 2.38. The summed E-state index contributed by atoms with van der Waals surface area (Å²) in [7, 11) is -3.78. The fraction of sp³-hybridized carbons (Fsp3) is 0.158. The number of sulfone groups is 1. The lowest BCUT2D eigenvalue weighted by atomic mass is 10.1. The Balaban J connectivity index is 1.86. The summed E-state index contributed by atoms with van der Waals surface area (Å²) in [6.45, 7) is 1.88. The lowest BCUT2D eigenvalue weighted by Gasteiger charge is -2.08. The molecule has 0 aliphatic carbocycles. The Morgan fingerprint density at radius 2 is 1.82 bits per heavy atom. The van der Waals surface area contributed by atoms with Crippen LogP contribution < -0.4 is 5.32 Å². The second-order valence-electron chi connectivity index (χ2n) is 5.67. The van der Waals surface area contributed by atoms with Crippen LogP contribution in [-0.2, 0) is 19.4 Å². The van der Waals surface area contributed by atoms with Gasteiger partial charge in [0.15, 0.2) is 9.84 Å². The van der Waals surface area contributed by atoms with Crippen molar-refractivity contribution in [3.8, 4) is 10.4 Å². The van der Waals surface area contributed by atoms with E-state index >= 15 is 0 Å². The van der Waals surface area contributed by atoms with E-state index in [1.807, 2.05) is 17.5 Å². The maximum Gasteiger partial charge on any atom is 0.341 e. The molecule has 2 heterocycles. The summed E-state index contributed by atoms with van der Waals surface area (Å²) in [4.78, 5) is 25.8. The van der Waals surface area contributed by atoms with Crippen molar-refractivity contribution in [3.63, 3.8) is 0 Å². The topological polar surface area (TPSA) is 89.5 Å². The molecule has 0 unspecified atom stereocenters. The van der Waals surface area contributed by atoms with E-state index in [1.54, 1.807) is 30.5 Å². The van der Waals surface area contributed by atoms with Crippen molar-refractivity contribution in [2.45, 2.75) is 11.8 Å². The van der Waals surface area contributed by atoms with Crippen molar-refractivity contribution >= 4 is 49.4 Å². The zero-order valence-electron chi connectivity index (χ0n) is 14.9. The SMILES string of the molecule is CCOC(=O)c1c(-c2cccs2)csc1NC(=O)CS(=O)(=O)c1ccccc1. The molecule has 0 aliphatic heterocycles. The van der Waals surface area contributed by atoms with Crippen LogP contribution in [0.25, 0.3) is 10.4 Å². The first-order valence-electron chi connectivity index (χ1n) is 8.32. The monoisotopic (exact) mass is 435 g/mol. The average Bonchev–Trinajstić information content (AvgIpc) is 3.31. The Bertz CT molecular complexity index is 1070. The minimum atomic E-state index is -3.78. The molecule has 1 N–H and O–H groups in total. The van der Waals surface area contributed by atoms with E-state index in [0.29, 0.717) is 5.56 Å². The van der Waals surface area contributed by atoms with E-state index in [1.165, 1.54) is 23.5 Å². The summed E-state index contributed by atoms with van der Waals surface area (Å²) in [6.07, 6.45) is 0. The van der Waals surface area contributed by atoms with Crippen LogP contribution in [0.3, 0.4) is 0 Å². The quantitative estimate of drug-likeness (QED) is 0.565. The number of hydrogen-bond acceptors (Lipinski definition) is 7. The second-order valence-corrected chi connectivity index (χ2v) is 9.49. The van der Waals surface area contributed by atoms with Crippen molar-refractivity contribution in [1.29, 1.82) is 0 Å². The van der Waals surface area contributed by atoms with E-state index in [4.69, 9.17) is 4.74 Å². The van der Waals surface area contributed by atoms with Gasteiger partial charge < -0.3 is 10.1 Å². The van der Waals surface area contributed by atoms with Gasteiger partial charge in [-0.25, -0.2) is 13.2 Å².